The van der Waals surface area contributed by atoms with E-state index in [-0.39, 0.29) is 11.6 Å². The zero-order valence-corrected chi connectivity index (χ0v) is 12.7. The lowest BCUT2D eigenvalue weighted by molar-refractivity contribution is 0.305. The predicted molar refractivity (Wildman–Crippen MR) is 83.0 cm³/mol. The number of ether oxygens (including phenoxy) is 1. The van der Waals surface area contributed by atoms with Crippen molar-refractivity contribution in [3.63, 3.8) is 0 Å². The Bertz CT molecular complexity index is 613. The van der Waals surface area contributed by atoms with Crippen LogP contribution in [-0.4, -0.2) is 16.6 Å². The number of thiazole rings is 1. The highest BCUT2D eigenvalue weighted by Gasteiger charge is 2.12. The van der Waals surface area contributed by atoms with E-state index in [4.69, 9.17) is 22.7 Å². The maximum absolute atomic E-state index is 13.4. The number of aromatic nitrogens is 1. The molecule has 0 saturated heterocycles. The van der Waals surface area contributed by atoms with E-state index in [0.29, 0.717) is 18.0 Å². The molecule has 2 rings (SSSR count). The number of benzene rings is 1. The molecule has 1 aromatic carbocycles. The normalized spacial score (nSPS) is 10.5. The van der Waals surface area contributed by atoms with Crippen LogP contribution in [0, 0.1) is 5.82 Å². The number of nitrogens with two attached hydrogens (primary N) is 1. The molecule has 0 unspecified atom stereocenters. The fourth-order valence-electron chi connectivity index (χ4n) is 1.75. The van der Waals surface area contributed by atoms with E-state index in [0.717, 1.165) is 22.0 Å². The Hall–Kier alpha value is -1.53. The van der Waals surface area contributed by atoms with Crippen LogP contribution in [0.1, 0.15) is 22.5 Å². The zero-order valence-electron chi connectivity index (χ0n) is 11.1. The van der Waals surface area contributed by atoms with E-state index in [2.05, 4.69) is 4.98 Å². The lowest BCUT2D eigenvalue weighted by Crippen LogP contribution is -2.09. The number of halogens is 1. The first-order valence-electron chi connectivity index (χ1n) is 6.27. The van der Waals surface area contributed by atoms with Gasteiger partial charge in [-0.15, -0.1) is 11.3 Å². The smallest absolute Gasteiger partial charge is 0.165 e. The molecule has 1 heterocycles. The van der Waals surface area contributed by atoms with E-state index < -0.39 is 0 Å². The largest absolute Gasteiger partial charge is 0.490 e. The average molecular weight is 310 g/mol. The third-order valence-electron chi connectivity index (χ3n) is 2.71. The van der Waals surface area contributed by atoms with Crippen molar-refractivity contribution in [1.29, 1.82) is 0 Å². The topological polar surface area (TPSA) is 48.1 Å². The van der Waals surface area contributed by atoms with Crippen LogP contribution in [0.15, 0.2) is 24.3 Å². The maximum Gasteiger partial charge on any atom is 0.165 e. The van der Waals surface area contributed by atoms with Crippen molar-refractivity contribution in [1.82, 2.24) is 4.98 Å². The Labute approximate surface area is 126 Å². The van der Waals surface area contributed by atoms with Gasteiger partial charge in [0.1, 0.15) is 4.99 Å². The predicted octanol–water partition coefficient (Wildman–Crippen LogP) is 3.10. The molecule has 1 aromatic heterocycles. The quantitative estimate of drug-likeness (QED) is 0.833. The maximum atomic E-state index is 13.4. The van der Waals surface area contributed by atoms with Crippen LogP contribution in [0.3, 0.4) is 0 Å². The number of nitrogens with zero attached hydrogens (tertiary/aromatic N) is 1. The van der Waals surface area contributed by atoms with Gasteiger partial charge < -0.3 is 10.5 Å². The van der Waals surface area contributed by atoms with Crippen molar-refractivity contribution in [2.75, 3.05) is 6.61 Å². The van der Waals surface area contributed by atoms with Crippen molar-refractivity contribution in [2.24, 2.45) is 5.73 Å². The molecule has 0 bridgehead atoms. The second-order valence-electron chi connectivity index (χ2n) is 4.13. The fourth-order valence-corrected chi connectivity index (χ4v) is 2.98. The summed E-state index contributed by atoms with van der Waals surface area (Å²) in [4.78, 5) is 5.72. The molecule has 0 spiro atoms. The van der Waals surface area contributed by atoms with Crippen molar-refractivity contribution in [3.05, 3.63) is 45.7 Å². The summed E-state index contributed by atoms with van der Waals surface area (Å²) in [6, 6.07) is 6.35. The van der Waals surface area contributed by atoms with E-state index in [9.17, 15) is 4.39 Å². The van der Waals surface area contributed by atoms with Gasteiger partial charge in [-0.3, -0.25) is 0 Å². The number of hydrogen-bond acceptors (Lipinski definition) is 4. The highest BCUT2D eigenvalue weighted by atomic mass is 32.1. The highest BCUT2D eigenvalue weighted by Crippen LogP contribution is 2.21. The zero-order chi connectivity index (χ0) is 14.5. The summed E-state index contributed by atoms with van der Waals surface area (Å²) in [5.41, 5.74) is 6.58. The third-order valence-corrected chi connectivity index (χ3v) is 4.23. The van der Waals surface area contributed by atoms with Crippen LogP contribution >= 0.6 is 23.6 Å². The molecular formula is C14H15FN2OS2. The van der Waals surface area contributed by atoms with Crippen LogP contribution in [0.2, 0.25) is 0 Å². The molecule has 0 aliphatic rings. The van der Waals surface area contributed by atoms with E-state index in [1.807, 2.05) is 6.92 Å². The number of aryl methyl sites for hydroxylation is 1. The summed E-state index contributed by atoms with van der Waals surface area (Å²) < 4.78 is 18.8. The molecule has 0 saturated carbocycles. The van der Waals surface area contributed by atoms with Gasteiger partial charge in [0.25, 0.3) is 0 Å². The molecule has 6 heteroatoms. The molecule has 106 valence electrons. The lowest BCUT2D eigenvalue weighted by atomic mass is 10.3. The van der Waals surface area contributed by atoms with Crippen LogP contribution in [0.25, 0.3) is 0 Å². The number of rotatable bonds is 6. The Morgan fingerprint density at radius 1 is 1.45 bits per heavy atom. The number of para-hydroxylation sites is 1. The summed E-state index contributed by atoms with van der Waals surface area (Å²) in [7, 11) is 0. The first-order chi connectivity index (χ1) is 9.61. The van der Waals surface area contributed by atoms with Gasteiger partial charge >= 0.3 is 0 Å². The van der Waals surface area contributed by atoms with Crippen LogP contribution in [0.5, 0.6) is 5.75 Å². The minimum atomic E-state index is -0.357. The van der Waals surface area contributed by atoms with Crippen molar-refractivity contribution in [2.45, 2.75) is 19.8 Å². The van der Waals surface area contributed by atoms with E-state index in [1.54, 1.807) is 18.2 Å². The van der Waals surface area contributed by atoms with Gasteiger partial charge in [0.2, 0.25) is 0 Å². The van der Waals surface area contributed by atoms with Gasteiger partial charge in [-0.2, -0.15) is 0 Å². The molecule has 3 nitrogen and oxygen atoms in total. The first kappa shape index (κ1) is 14.9. The van der Waals surface area contributed by atoms with Gasteiger partial charge in [-0.25, -0.2) is 9.37 Å². The average Bonchev–Trinajstić information content (AvgIpc) is 2.84. The molecule has 2 N–H and O–H groups in total. The van der Waals surface area contributed by atoms with Crippen LogP contribution in [-0.2, 0) is 12.8 Å². The second kappa shape index (κ2) is 6.76. The van der Waals surface area contributed by atoms with Gasteiger partial charge in [-0.1, -0.05) is 31.3 Å². The number of hydrogen-bond donors (Lipinski definition) is 1. The molecule has 0 aliphatic heterocycles. The van der Waals surface area contributed by atoms with Crippen LogP contribution < -0.4 is 10.5 Å². The summed E-state index contributed by atoms with van der Waals surface area (Å²) in [5, 5.41) is 0.904. The summed E-state index contributed by atoms with van der Waals surface area (Å²) >= 11 is 6.48. The summed E-state index contributed by atoms with van der Waals surface area (Å²) in [6.45, 7) is 2.38. The summed E-state index contributed by atoms with van der Waals surface area (Å²) in [5.74, 6) is -0.0981. The minimum absolute atomic E-state index is 0.259. The van der Waals surface area contributed by atoms with E-state index >= 15 is 0 Å². The Kier molecular flexibility index (Phi) is 5.03. The minimum Gasteiger partial charge on any atom is -0.490 e. The molecule has 0 aliphatic carbocycles. The third kappa shape index (κ3) is 3.52. The molecule has 2 aromatic rings. The Morgan fingerprint density at radius 2 is 2.20 bits per heavy atom. The van der Waals surface area contributed by atoms with Gasteiger partial charge in [0.15, 0.2) is 11.6 Å². The molecule has 0 atom stereocenters. The van der Waals surface area contributed by atoms with Crippen LogP contribution in [0.4, 0.5) is 4.39 Å². The fraction of sp³-hybridized carbons (Fsp3) is 0.286. The monoisotopic (exact) mass is 310 g/mol. The summed E-state index contributed by atoms with van der Waals surface area (Å²) in [6.07, 6.45) is 1.39. The van der Waals surface area contributed by atoms with Crippen molar-refractivity contribution < 1.29 is 9.13 Å². The van der Waals surface area contributed by atoms with E-state index in [1.165, 1.54) is 17.4 Å². The Morgan fingerprint density at radius 3 is 2.80 bits per heavy atom. The SMILES string of the molecule is CCc1nc(CCOc2ccccc2F)sc1C(N)=S. The lowest BCUT2D eigenvalue weighted by Gasteiger charge is -2.05. The number of thiocarbonyl (C=S) groups is 1. The van der Waals surface area contributed by atoms with Crippen molar-refractivity contribution in [3.8, 4) is 5.75 Å². The highest BCUT2D eigenvalue weighted by molar-refractivity contribution is 7.81. The molecular weight excluding hydrogens is 295 g/mol. The molecule has 0 fully saturated rings. The second-order valence-corrected chi connectivity index (χ2v) is 5.65. The van der Waals surface area contributed by atoms with Gasteiger partial charge in [0, 0.05) is 6.42 Å². The molecule has 20 heavy (non-hydrogen) atoms. The van der Waals surface area contributed by atoms with Crippen molar-refractivity contribution >= 4 is 28.5 Å². The standard InChI is InChI=1S/C14H15FN2OS2/c1-2-10-13(14(16)19)20-12(17-10)7-8-18-11-6-4-3-5-9(11)15/h3-6H,2,7-8H2,1H3,(H2,16,19). The Balaban J connectivity index is 1.98. The molecule has 0 radical (unpaired) electrons. The first-order valence-corrected chi connectivity index (χ1v) is 7.50. The van der Waals surface area contributed by atoms with Gasteiger partial charge in [0.05, 0.1) is 22.2 Å². The molecule has 0 amide bonds. The van der Waals surface area contributed by atoms with Gasteiger partial charge in [-0.05, 0) is 18.6 Å².